The third-order valence-corrected chi connectivity index (χ3v) is 1.83. The molecule has 1 fully saturated rings. The molecule has 1 atom stereocenters. The summed E-state index contributed by atoms with van der Waals surface area (Å²) in [7, 11) is 0. The van der Waals surface area contributed by atoms with Crippen LogP contribution in [-0.4, -0.2) is 17.0 Å². The number of nitrogens with zero attached hydrogens (tertiary/aromatic N) is 1. The molecule has 0 aromatic rings. The summed E-state index contributed by atoms with van der Waals surface area (Å²) < 4.78 is 0. The molecule has 1 unspecified atom stereocenters. The Labute approximate surface area is 51.6 Å². The standard InChI is InChI=1S/C4H5N3S/c5-1-4-7-3(6)2-8-4/h4H,2H2,(H2,6,7). The van der Waals surface area contributed by atoms with E-state index in [9.17, 15) is 0 Å². The highest BCUT2D eigenvalue weighted by molar-refractivity contribution is 8.01. The lowest BCUT2D eigenvalue weighted by molar-refractivity contribution is 0.999. The summed E-state index contributed by atoms with van der Waals surface area (Å²) in [6.07, 6.45) is 0. The van der Waals surface area contributed by atoms with E-state index in [-0.39, 0.29) is 5.37 Å². The number of hydrogen-bond donors (Lipinski definition) is 2. The Morgan fingerprint density at radius 1 is 2.00 bits per heavy atom. The van der Waals surface area contributed by atoms with Gasteiger partial charge in [0, 0.05) is 0 Å². The fourth-order valence-corrected chi connectivity index (χ4v) is 1.19. The summed E-state index contributed by atoms with van der Waals surface area (Å²) in [6, 6.07) is 2.01. The van der Waals surface area contributed by atoms with Gasteiger partial charge in [0.1, 0.15) is 5.84 Å². The van der Waals surface area contributed by atoms with Crippen molar-refractivity contribution in [2.45, 2.75) is 5.37 Å². The van der Waals surface area contributed by atoms with E-state index in [2.05, 4.69) is 5.32 Å². The molecule has 1 saturated heterocycles. The molecule has 0 aromatic heterocycles. The van der Waals surface area contributed by atoms with Gasteiger partial charge in [-0.05, 0) is 0 Å². The fourth-order valence-electron chi connectivity index (χ4n) is 0.478. The Hall–Kier alpha value is -0.690. The number of nitrogens with one attached hydrogen (secondary N) is 2. The van der Waals surface area contributed by atoms with Crippen LogP contribution in [0, 0.1) is 16.7 Å². The van der Waals surface area contributed by atoms with E-state index in [0.717, 1.165) is 0 Å². The second-order valence-electron chi connectivity index (χ2n) is 1.44. The molecule has 0 aliphatic carbocycles. The summed E-state index contributed by atoms with van der Waals surface area (Å²) in [5.41, 5.74) is 0. The van der Waals surface area contributed by atoms with Crippen LogP contribution < -0.4 is 5.32 Å². The van der Waals surface area contributed by atoms with Crippen molar-refractivity contribution in [3.63, 3.8) is 0 Å². The number of rotatable bonds is 0. The lowest BCUT2D eigenvalue weighted by Gasteiger charge is -1.93. The summed E-state index contributed by atoms with van der Waals surface area (Å²) in [5.74, 6) is 1.11. The first kappa shape index (κ1) is 5.45. The molecule has 1 rings (SSSR count). The summed E-state index contributed by atoms with van der Waals surface area (Å²) >= 11 is 1.45. The van der Waals surface area contributed by atoms with Crippen molar-refractivity contribution >= 4 is 17.6 Å². The van der Waals surface area contributed by atoms with Crippen molar-refractivity contribution in [3.05, 3.63) is 0 Å². The molecule has 1 heterocycles. The van der Waals surface area contributed by atoms with Crippen LogP contribution in [0.25, 0.3) is 0 Å². The minimum absolute atomic E-state index is 0.178. The number of hydrogen-bond acceptors (Lipinski definition) is 3. The zero-order chi connectivity index (χ0) is 5.98. The van der Waals surface area contributed by atoms with Crippen molar-refractivity contribution in [1.29, 1.82) is 10.7 Å². The van der Waals surface area contributed by atoms with Crippen LogP contribution in [0.5, 0.6) is 0 Å². The molecular formula is C4H5N3S. The molecule has 0 saturated carbocycles. The van der Waals surface area contributed by atoms with Gasteiger partial charge in [0.05, 0.1) is 11.8 Å². The van der Waals surface area contributed by atoms with Gasteiger partial charge in [-0.1, -0.05) is 0 Å². The van der Waals surface area contributed by atoms with Crippen molar-refractivity contribution in [3.8, 4) is 6.07 Å². The van der Waals surface area contributed by atoms with Crippen molar-refractivity contribution in [1.82, 2.24) is 5.32 Å². The molecule has 2 N–H and O–H groups in total. The van der Waals surface area contributed by atoms with Gasteiger partial charge in [-0.25, -0.2) is 0 Å². The van der Waals surface area contributed by atoms with Crippen LogP contribution in [0.2, 0.25) is 0 Å². The van der Waals surface area contributed by atoms with Gasteiger partial charge in [-0.15, -0.1) is 11.8 Å². The topological polar surface area (TPSA) is 59.7 Å². The van der Waals surface area contributed by atoms with Crippen molar-refractivity contribution in [2.24, 2.45) is 0 Å². The summed E-state index contributed by atoms with van der Waals surface area (Å²) in [5, 5.41) is 17.8. The Morgan fingerprint density at radius 3 is 3.00 bits per heavy atom. The molecule has 3 nitrogen and oxygen atoms in total. The molecule has 0 aromatic carbocycles. The minimum Gasteiger partial charge on any atom is -0.350 e. The van der Waals surface area contributed by atoms with E-state index in [1.54, 1.807) is 0 Å². The van der Waals surface area contributed by atoms with E-state index >= 15 is 0 Å². The van der Waals surface area contributed by atoms with Gasteiger partial charge in [-0.2, -0.15) is 5.26 Å². The monoisotopic (exact) mass is 127 g/mol. The van der Waals surface area contributed by atoms with Crippen LogP contribution in [0.1, 0.15) is 0 Å². The second kappa shape index (κ2) is 2.05. The van der Waals surface area contributed by atoms with Gasteiger partial charge < -0.3 is 5.32 Å². The van der Waals surface area contributed by atoms with E-state index < -0.39 is 0 Å². The average Bonchev–Trinajstić information content (AvgIpc) is 2.14. The Morgan fingerprint density at radius 2 is 2.75 bits per heavy atom. The van der Waals surface area contributed by atoms with Crippen LogP contribution >= 0.6 is 11.8 Å². The normalized spacial score (nSPS) is 26.9. The number of thioether (sulfide) groups is 1. The van der Waals surface area contributed by atoms with E-state index in [1.165, 1.54) is 11.8 Å². The molecule has 0 amide bonds. The smallest absolute Gasteiger partial charge is 0.162 e. The molecule has 0 bridgehead atoms. The first-order chi connectivity index (χ1) is 3.83. The van der Waals surface area contributed by atoms with E-state index in [1.807, 2.05) is 6.07 Å². The maximum Gasteiger partial charge on any atom is 0.162 e. The zero-order valence-electron chi connectivity index (χ0n) is 4.14. The zero-order valence-corrected chi connectivity index (χ0v) is 4.96. The molecule has 1 aliphatic rings. The van der Waals surface area contributed by atoms with Crippen molar-refractivity contribution < 1.29 is 0 Å². The SMILES string of the molecule is N#CC1NC(=N)CS1. The van der Waals surface area contributed by atoms with Gasteiger partial charge in [0.25, 0.3) is 0 Å². The largest absolute Gasteiger partial charge is 0.350 e. The average molecular weight is 127 g/mol. The Balaban J connectivity index is 2.47. The van der Waals surface area contributed by atoms with Crippen LogP contribution in [-0.2, 0) is 0 Å². The maximum absolute atomic E-state index is 8.25. The summed E-state index contributed by atoms with van der Waals surface area (Å²) in [4.78, 5) is 0. The molecule has 42 valence electrons. The van der Waals surface area contributed by atoms with E-state index in [0.29, 0.717) is 11.6 Å². The molecular weight excluding hydrogens is 122 g/mol. The minimum atomic E-state index is -0.178. The fraction of sp³-hybridized carbons (Fsp3) is 0.500. The van der Waals surface area contributed by atoms with E-state index in [4.69, 9.17) is 10.7 Å². The highest BCUT2D eigenvalue weighted by atomic mass is 32.2. The van der Waals surface area contributed by atoms with Gasteiger partial charge >= 0.3 is 0 Å². The van der Waals surface area contributed by atoms with Gasteiger partial charge in [-0.3, -0.25) is 5.41 Å². The van der Waals surface area contributed by atoms with Crippen LogP contribution in [0.15, 0.2) is 0 Å². The molecule has 1 aliphatic heterocycles. The van der Waals surface area contributed by atoms with Gasteiger partial charge in [0.15, 0.2) is 5.37 Å². The third-order valence-electron chi connectivity index (χ3n) is 0.817. The first-order valence-electron chi connectivity index (χ1n) is 2.18. The number of amidine groups is 1. The third kappa shape index (κ3) is 0.928. The molecule has 8 heavy (non-hydrogen) atoms. The Kier molecular flexibility index (Phi) is 1.40. The molecule has 0 spiro atoms. The summed E-state index contributed by atoms with van der Waals surface area (Å²) in [6.45, 7) is 0. The second-order valence-corrected chi connectivity index (χ2v) is 2.54. The maximum atomic E-state index is 8.25. The van der Waals surface area contributed by atoms with Crippen molar-refractivity contribution in [2.75, 3.05) is 5.75 Å². The lowest BCUT2D eigenvalue weighted by Crippen LogP contribution is -2.22. The van der Waals surface area contributed by atoms with Crippen LogP contribution in [0.4, 0.5) is 0 Å². The highest BCUT2D eigenvalue weighted by Gasteiger charge is 2.16. The molecule has 0 radical (unpaired) electrons. The predicted octanol–water partition coefficient (Wildman–Crippen LogP) is 0.150. The highest BCUT2D eigenvalue weighted by Crippen LogP contribution is 2.12. The molecule has 4 heteroatoms. The Bertz CT molecular complexity index is 148. The first-order valence-corrected chi connectivity index (χ1v) is 3.23. The van der Waals surface area contributed by atoms with Crippen LogP contribution in [0.3, 0.4) is 0 Å². The lowest BCUT2D eigenvalue weighted by atomic mass is 10.6. The van der Waals surface area contributed by atoms with Gasteiger partial charge in [0.2, 0.25) is 0 Å². The quantitative estimate of drug-likeness (QED) is 0.487. The predicted molar refractivity (Wildman–Crippen MR) is 32.7 cm³/mol. The number of nitriles is 1.